The Morgan fingerprint density at radius 1 is 1.33 bits per heavy atom. The Hall–Kier alpha value is -2.38. The molecule has 0 radical (unpaired) electrons. The molecule has 0 saturated carbocycles. The zero-order valence-electron chi connectivity index (χ0n) is 9.73. The quantitative estimate of drug-likeness (QED) is 0.622. The van der Waals surface area contributed by atoms with Crippen LogP contribution in [0.5, 0.6) is 0 Å². The van der Waals surface area contributed by atoms with E-state index in [0.717, 1.165) is 11.0 Å². The number of H-pyrrole nitrogens is 2. The zero-order chi connectivity index (χ0) is 13.7. The normalized spacial score (nSPS) is 10.1. The molecule has 8 nitrogen and oxygen atoms in total. The van der Waals surface area contributed by atoms with Gasteiger partial charge in [0.15, 0.2) is 0 Å². The molecule has 0 aromatic carbocycles. The summed E-state index contributed by atoms with van der Waals surface area (Å²) in [6, 6.07) is 0.925. The molecule has 1 aromatic rings. The van der Waals surface area contributed by atoms with Crippen LogP contribution in [-0.4, -0.2) is 44.9 Å². The number of aromatic amines is 2. The smallest absolute Gasteiger partial charge is 0.326 e. The van der Waals surface area contributed by atoms with E-state index in [4.69, 9.17) is 5.11 Å². The first-order valence-corrected chi connectivity index (χ1v) is 5.28. The zero-order valence-corrected chi connectivity index (χ0v) is 9.73. The van der Waals surface area contributed by atoms with Crippen LogP contribution in [0.15, 0.2) is 15.7 Å². The molecule has 0 aliphatic rings. The lowest BCUT2D eigenvalue weighted by atomic mass is 10.3. The number of carboxylic acids is 1. The topological polar surface area (TPSA) is 123 Å². The van der Waals surface area contributed by atoms with Crippen LogP contribution < -0.4 is 11.2 Å². The molecule has 1 amide bonds. The highest BCUT2D eigenvalue weighted by molar-refractivity contribution is 5.93. The Labute approximate surface area is 101 Å². The summed E-state index contributed by atoms with van der Waals surface area (Å²) in [5.41, 5.74) is -1.75. The molecular formula is C10H13N3O5. The van der Waals surface area contributed by atoms with Crippen molar-refractivity contribution in [2.24, 2.45) is 0 Å². The van der Waals surface area contributed by atoms with Gasteiger partial charge >= 0.3 is 11.7 Å². The number of rotatable bonds is 5. The van der Waals surface area contributed by atoms with E-state index < -0.39 is 29.7 Å². The fourth-order valence-corrected chi connectivity index (χ4v) is 1.44. The standard InChI is InChI=1S/C10H13N3O5/c1-2-3-13(5-8(15)16)9(17)6-4-7(14)12-10(18)11-6/h4H,2-3,5H2,1H3,(H,15,16)(H2,11,12,14,18). The van der Waals surface area contributed by atoms with Gasteiger partial charge in [-0.25, -0.2) is 4.79 Å². The second kappa shape index (κ2) is 5.80. The van der Waals surface area contributed by atoms with Crippen LogP contribution in [0.2, 0.25) is 0 Å². The minimum Gasteiger partial charge on any atom is -0.480 e. The van der Waals surface area contributed by atoms with Gasteiger partial charge in [-0.1, -0.05) is 6.92 Å². The van der Waals surface area contributed by atoms with Crippen LogP contribution in [0.1, 0.15) is 23.8 Å². The first-order chi connectivity index (χ1) is 8.43. The number of hydrogen-bond acceptors (Lipinski definition) is 4. The van der Waals surface area contributed by atoms with Gasteiger partial charge in [-0.05, 0) is 6.42 Å². The lowest BCUT2D eigenvalue weighted by Crippen LogP contribution is -2.38. The number of aromatic nitrogens is 2. The summed E-state index contributed by atoms with van der Waals surface area (Å²) >= 11 is 0. The van der Waals surface area contributed by atoms with E-state index in [1.165, 1.54) is 0 Å². The van der Waals surface area contributed by atoms with E-state index in [1.54, 1.807) is 6.92 Å². The van der Waals surface area contributed by atoms with Gasteiger partial charge in [-0.3, -0.25) is 19.4 Å². The summed E-state index contributed by atoms with van der Waals surface area (Å²) in [6.45, 7) is 1.52. The van der Waals surface area contributed by atoms with Gasteiger partial charge in [0.25, 0.3) is 11.5 Å². The molecule has 18 heavy (non-hydrogen) atoms. The summed E-state index contributed by atoms with van der Waals surface area (Å²) in [4.78, 5) is 49.7. The molecule has 0 atom stereocenters. The third-order valence-electron chi connectivity index (χ3n) is 2.10. The molecule has 0 saturated heterocycles. The van der Waals surface area contributed by atoms with Crippen molar-refractivity contribution in [2.75, 3.05) is 13.1 Å². The second-order valence-electron chi connectivity index (χ2n) is 3.62. The number of hydrogen-bond donors (Lipinski definition) is 3. The van der Waals surface area contributed by atoms with Crippen molar-refractivity contribution in [3.05, 3.63) is 32.6 Å². The van der Waals surface area contributed by atoms with Gasteiger partial charge in [0.05, 0.1) is 0 Å². The van der Waals surface area contributed by atoms with Crippen LogP contribution in [0, 0.1) is 0 Å². The Morgan fingerprint density at radius 2 is 2.00 bits per heavy atom. The van der Waals surface area contributed by atoms with Crippen molar-refractivity contribution in [1.29, 1.82) is 0 Å². The van der Waals surface area contributed by atoms with Crippen LogP contribution in [0.3, 0.4) is 0 Å². The summed E-state index contributed by atoms with van der Waals surface area (Å²) < 4.78 is 0. The van der Waals surface area contributed by atoms with Gasteiger partial charge in [0.1, 0.15) is 12.2 Å². The van der Waals surface area contributed by atoms with E-state index in [2.05, 4.69) is 4.98 Å². The Kier molecular flexibility index (Phi) is 4.41. The third-order valence-corrected chi connectivity index (χ3v) is 2.10. The number of carbonyl (C=O) groups excluding carboxylic acids is 1. The molecule has 0 bridgehead atoms. The number of nitrogens with one attached hydrogen (secondary N) is 2. The average Bonchev–Trinajstić information content (AvgIpc) is 2.25. The summed E-state index contributed by atoms with van der Waals surface area (Å²) in [5, 5.41) is 8.68. The molecule has 0 fully saturated rings. The minimum absolute atomic E-state index is 0.222. The maximum atomic E-state index is 11.9. The number of amides is 1. The van der Waals surface area contributed by atoms with Crippen LogP contribution in [0.4, 0.5) is 0 Å². The summed E-state index contributed by atoms with van der Waals surface area (Å²) in [6.07, 6.45) is 0.562. The number of carbonyl (C=O) groups is 2. The van der Waals surface area contributed by atoms with E-state index in [1.807, 2.05) is 4.98 Å². The molecular weight excluding hydrogens is 242 g/mol. The van der Waals surface area contributed by atoms with E-state index in [0.29, 0.717) is 6.42 Å². The van der Waals surface area contributed by atoms with Crippen LogP contribution >= 0.6 is 0 Å². The van der Waals surface area contributed by atoms with Crippen molar-refractivity contribution < 1.29 is 14.7 Å². The maximum absolute atomic E-state index is 11.9. The van der Waals surface area contributed by atoms with Gasteiger partial charge in [0.2, 0.25) is 0 Å². The Balaban J connectivity index is 3.04. The molecule has 0 spiro atoms. The van der Waals surface area contributed by atoms with Crippen LogP contribution in [0.25, 0.3) is 0 Å². The molecule has 0 unspecified atom stereocenters. The highest BCUT2D eigenvalue weighted by atomic mass is 16.4. The molecule has 0 aliphatic carbocycles. The predicted molar refractivity (Wildman–Crippen MR) is 61.5 cm³/mol. The summed E-state index contributed by atoms with van der Waals surface area (Å²) in [5.74, 6) is -1.86. The first-order valence-electron chi connectivity index (χ1n) is 5.28. The average molecular weight is 255 g/mol. The first kappa shape index (κ1) is 13.7. The number of nitrogens with zero attached hydrogens (tertiary/aromatic N) is 1. The third kappa shape index (κ3) is 3.58. The Bertz CT molecular complexity index is 531. The van der Waals surface area contributed by atoms with Crippen LogP contribution in [-0.2, 0) is 4.79 Å². The van der Waals surface area contributed by atoms with Gasteiger partial charge in [-0.2, -0.15) is 0 Å². The van der Waals surface area contributed by atoms with Crippen molar-refractivity contribution in [1.82, 2.24) is 14.9 Å². The van der Waals surface area contributed by atoms with Crippen molar-refractivity contribution in [3.63, 3.8) is 0 Å². The Morgan fingerprint density at radius 3 is 2.50 bits per heavy atom. The summed E-state index contributed by atoms with van der Waals surface area (Å²) in [7, 11) is 0. The van der Waals surface area contributed by atoms with Crippen molar-refractivity contribution in [3.8, 4) is 0 Å². The SMILES string of the molecule is CCCN(CC(=O)O)C(=O)c1cc(=O)[nH]c(=O)[nH]1. The minimum atomic E-state index is -1.16. The van der Waals surface area contributed by atoms with E-state index in [-0.39, 0.29) is 12.2 Å². The lowest BCUT2D eigenvalue weighted by Gasteiger charge is -2.19. The number of aliphatic carboxylic acids is 1. The molecule has 98 valence electrons. The molecule has 1 aromatic heterocycles. The highest BCUT2D eigenvalue weighted by Crippen LogP contribution is 1.99. The highest BCUT2D eigenvalue weighted by Gasteiger charge is 2.18. The molecule has 1 rings (SSSR count). The largest absolute Gasteiger partial charge is 0.480 e. The monoisotopic (exact) mass is 255 g/mol. The van der Waals surface area contributed by atoms with Gasteiger partial charge in [-0.15, -0.1) is 0 Å². The van der Waals surface area contributed by atoms with E-state index in [9.17, 15) is 19.2 Å². The fourth-order valence-electron chi connectivity index (χ4n) is 1.44. The lowest BCUT2D eigenvalue weighted by molar-refractivity contribution is -0.137. The fraction of sp³-hybridized carbons (Fsp3) is 0.400. The molecule has 1 heterocycles. The molecule has 0 aliphatic heterocycles. The number of carboxylic acid groups (broad SMARTS) is 1. The predicted octanol–water partition coefficient (Wildman–Crippen LogP) is -1.000. The van der Waals surface area contributed by atoms with Gasteiger partial charge < -0.3 is 15.0 Å². The van der Waals surface area contributed by atoms with Crippen molar-refractivity contribution in [2.45, 2.75) is 13.3 Å². The van der Waals surface area contributed by atoms with E-state index >= 15 is 0 Å². The molecule has 3 N–H and O–H groups in total. The second-order valence-corrected chi connectivity index (χ2v) is 3.62. The maximum Gasteiger partial charge on any atom is 0.326 e. The van der Waals surface area contributed by atoms with Gasteiger partial charge in [0, 0.05) is 12.6 Å². The van der Waals surface area contributed by atoms with Crippen molar-refractivity contribution >= 4 is 11.9 Å². The molecule has 8 heteroatoms.